The standard InChI is InChI=1S/C14H16N4O3/c1-8(17-18-14(21)12(15)19)10-3-2-4-11(7-10)16-13(20)9-5-6-9/h2-4,7,9H,5-6H2,1H3,(H2,15,19)(H,16,20)(H,18,21). The first kappa shape index (κ1) is 14.7. The molecule has 1 saturated carbocycles. The van der Waals surface area contributed by atoms with Crippen molar-refractivity contribution >= 4 is 29.1 Å². The minimum atomic E-state index is -1.10. The van der Waals surface area contributed by atoms with Crippen LogP contribution >= 0.6 is 0 Å². The number of rotatable bonds is 4. The molecule has 0 aromatic heterocycles. The number of benzene rings is 1. The number of primary amides is 1. The Morgan fingerprint density at radius 1 is 1.29 bits per heavy atom. The van der Waals surface area contributed by atoms with E-state index in [-0.39, 0.29) is 11.8 Å². The molecule has 0 radical (unpaired) electrons. The molecule has 110 valence electrons. The number of nitrogens with two attached hydrogens (primary N) is 1. The highest BCUT2D eigenvalue weighted by Gasteiger charge is 2.29. The minimum absolute atomic E-state index is 0.0174. The quantitative estimate of drug-likeness (QED) is 0.422. The first-order chi connectivity index (χ1) is 9.97. The van der Waals surface area contributed by atoms with Gasteiger partial charge in [-0.1, -0.05) is 12.1 Å². The van der Waals surface area contributed by atoms with Crippen molar-refractivity contribution in [1.29, 1.82) is 0 Å². The van der Waals surface area contributed by atoms with Gasteiger partial charge in [0.05, 0.1) is 5.71 Å². The lowest BCUT2D eigenvalue weighted by atomic mass is 10.1. The Hall–Kier alpha value is -2.70. The van der Waals surface area contributed by atoms with Crippen molar-refractivity contribution < 1.29 is 14.4 Å². The van der Waals surface area contributed by atoms with Crippen LogP contribution in [0.1, 0.15) is 25.3 Å². The number of hydrogen-bond acceptors (Lipinski definition) is 4. The maximum Gasteiger partial charge on any atom is 0.329 e. The fraction of sp³-hybridized carbons (Fsp3) is 0.286. The maximum absolute atomic E-state index is 11.7. The van der Waals surface area contributed by atoms with Crippen molar-refractivity contribution in [2.75, 3.05) is 5.32 Å². The fourth-order valence-corrected chi connectivity index (χ4v) is 1.67. The highest BCUT2D eigenvalue weighted by atomic mass is 16.2. The molecule has 0 atom stereocenters. The van der Waals surface area contributed by atoms with Crippen LogP contribution in [0.25, 0.3) is 0 Å². The van der Waals surface area contributed by atoms with E-state index in [2.05, 4.69) is 15.8 Å². The van der Waals surface area contributed by atoms with Gasteiger partial charge in [0.1, 0.15) is 0 Å². The highest BCUT2D eigenvalue weighted by Crippen LogP contribution is 2.30. The highest BCUT2D eigenvalue weighted by molar-refractivity contribution is 6.34. The van der Waals surface area contributed by atoms with Gasteiger partial charge in [-0.05, 0) is 37.5 Å². The molecule has 7 nitrogen and oxygen atoms in total. The molecular formula is C14H16N4O3. The van der Waals surface area contributed by atoms with Crippen molar-refractivity contribution in [3.63, 3.8) is 0 Å². The molecule has 0 heterocycles. The number of amides is 3. The van der Waals surface area contributed by atoms with E-state index < -0.39 is 11.8 Å². The van der Waals surface area contributed by atoms with Gasteiger partial charge in [-0.2, -0.15) is 5.10 Å². The van der Waals surface area contributed by atoms with E-state index in [1.54, 1.807) is 31.2 Å². The van der Waals surface area contributed by atoms with Gasteiger partial charge < -0.3 is 11.1 Å². The van der Waals surface area contributed by atoms with Gasteiger partial charge in [-0.15, -0.1) is 0 Å². The average molecular weight is 288 g/mol. The predicted octanol–water partition coefficient (Wildman–Crippen LogP) is 0.361. The van der Waals surface area contributed by atoms with E-state index in [4.69, 9.17) is 5.73 Å². The molecular weight excluding hydrogens is 272 g/mol. The average Bonchev–Trinajstić information content (AvgIpc) is 3.29. The van der Waals surface area contributed by atoms with Crippen LogP contribution in [0.4, 0.5) is 5.69 Å². The summed E-state index contributed by atoms with van der Waals surface area (Å²) in [5, 5.41) is 6.61. The Morgan fingerprint density at radius 2 is 2.00 bits per heavy atom. The molecule has 4 N–H and O–H groups in total. The number of carbonyl (C=O) groups is 3. The molecule has 0 saturated heterocycles. The Kier molecular flexibility index (Phi) is 4.32. The lowest BCUT2D eigenvalue weighted by molar-refractivity contribution is -0.137. The summed E-state index contributed by atoms with van der Waals surface area (Å²) in [6.07, 6.45) is 1.87. The molecule has 3 amide bonds. The second-order valence-corrected chi connectivity index (χ2v) is 4.85. The van der Waals surface area contributed by atoms with Crippen molar-refractivity contribution in [3.05, 3.63) is 29.8 Å². The molecule has 1 aliphatic carbocycles. The number of nitrogens with one attached hydrogen (secondary N) is 2. The summed E-state index contributed by atoms with van der Waals surface area (Å²) >= 11 is 0. The van der Waals surface area contributed by atoms with E-state index in [0.29, 0.717) is 17.0 Å². The zero-order valence-electron chi connectivity index (χ0n) is 11.6. The zero-order valence-corrected chi connectivity index (χ0v) is 11.6. The smallest absolute Gasteiger partial charge is 0.329 e. The van der Waals surface area contributed by atoms with Crippen LogP contribution < -0.4 is 16.5 Å². The minimum Gasteiger partial charge on any atom is -0.361 e. The second kappa shape index (κ2) is 6.17. The largest absolute Gasteiger partial charge is 0.361 e. The fourth-order valence-electron chi connectivity index (χ4n) is 1.67. The number of hydrogen-bond donors (Lipinski definition) is 3. The third kappa shape index (κ3) is 4.13. The Bertz CT molecular complexity index is 620. The van der Waals surface area contributed by atoms with Gasteiger partial charge in [0.15, 0.2) is 0 Å². The summed E-state index contributed by atoms with van der Waals surface area (Å²) < 4.78 is 0. The second-order valence-electron chi connectivity index (χ2n) is 4.85. The van der Waals surface area contributed by atoms with Crippen LogP contribution in [0, 0.1) is 5.92 Å². The van der Waals surface area contributed by atoms with Gasteiger partial charge in [0, 0.05) is 11.6 Å². The van der Waals surface area contributed by atoms with E-state index in [0.717, 1.165) is 12.8 Å². The van der Waals surface area contributed by atoms with Gasteiger partial charge in [0.2, 0.25) is 5.91 Å². The normalized spacial score (nSPS) is 14.4. The number of hydrazone groups is 1. The molecule has 0 spiro atoms. The topological polar surface area (TPSA) is 114 Å². The molecule has 0 bridgehead atoms. The third-order valence-corrected chi connectivity index (χ3v) is 3.04. The van der Waals surface area contributed by atoms with Gasteiger partial charge in [-0.3, -0.25) is 14.4 Å². The van der Waals surface area contributed by atoms with Crippen LogP contribution in [0.2, 0.25) is 0 Å². The van der Waals surface area contributed by atoms with Crippen LogP contribution in [0.15, 0.2) is 29.4 Å². The lowest BCUT2D eigenvalue weighted by Crippen LogP contribution is -2.33. The molecule has 0 unspecified atom stereocenters. The monoisotopic (exact) mass is 288 g/mol. The molecule has 1 fully saturated rings. The summed E-state index contributed by atoms with van der Waals surface area (Å²) in [6, 6.07) is 7.07. The summed E-state index contributed by atoms with van der Waals surface area (Å²) in [5.74, 6) is -1.94. The van der Waals surface area contributed by atoms with E-state index in [1.807, 2.05) is 0 Å². The van der Waals surface area contributed by atoms with E-state index in [9.17, 15) is 14.4 Å². The molecule has 21 heavy (non-hydrogen) atoms. The third-order valence-electron chi connectivity index (χ3n) is 3.04. The van der Waals surface area contributed by atoms with Crippen LogP contribution in [0.3, 0.4) is 0 Å². The molecule has 0 aliphatic heterocycles. The van der Waals surface area contributed by atoms with Gasteiger partial charge in [-0.25, -0.2) is 5.43 Å². The Balaban J connectivity index is 2.05. The van der Waals surface area contributed by atoms with Crippen molar-refractivity contribution in [3.8, 4) is 0 Å². The molecule has 2 rings (SSSR count). The van der Waals surface area contributed by atoms with Crippen LogP contribution in [-0.2, 0) is 14.4 Å². The van der Waals surface area contributed by atoms with Gasteiger partial charge >= 0.3 is 11.8 Å². The summed E-state index contributed by atoms with van der Waals surface area (Å²) in [7, 11) is 0. The SMILES string of the molecule is CC(=NNC(=O)C(N)=O)c1cccc(NC(=O)C2CC2)c1. The predicted molar refractivity (Wildman–Crippen MR) is 77.3 cm³/mol. The molecule has 1 aromatic rings. The Labute approximate surface area is 121 Å². The van der Waals surface area contributed by atoms with Crippen molar-refractivity contribution in [2.24, 2.45) is 16.8 Å². The van der Waals surface area contributed by atoms with Crippen LogP contribution in [0.5, 0.6) is 0 Å². The molecule has 1 aromatic carbocycles. The number of anilines is 1. The van der Waals surface area contributed by atoms with Gasteiger partial charge in [0.25, 0.3) is 0 Å². The maximum atomic E-state index is 11.7. The first-order valence-corrected chi connectivity index (χ1v) is 6.52. The van der Waals surface area contributed by atoms with Crippen LogP contribution in [-0.4, -0.2) is 23.4 Å². The summed E-state index contributed by atoms with van der Waals surface area (Å²) in [4.78, 5) is 33.3. The zero-order chi connectivity index (χ0) is 15.4. The molecule has 7 heteroatoms. The van der Waals surface area contributed by atoms with E-state index >= 15 is 0 Å². The first-order valence-electron chi connectivity index (χ1n) is 6.52. The molecule has 1 aliphatic rings. The van der Waals surface area contributed by atoms with Crippen molar-refractivity contribution in [2.45, 2.75) is 19.8 Å². The van der Waals surface area contributed by atoms with Crippen molar-refractivity contribution in [1.82, 2.24) is 5.43 Å². The summed E-state index contributed by atoms with van der Waals surface area (Å²) in [5.41, 5.74) is 8.74. The number of nitrogens with zero attached hydrogens (tertiary/aromatic N) is 1. The Morgan fingerprint density at radius 3 is 2.62 bits per heavy atom. The number of carbonyl (C=O) groups excluding carboxylic acids is 3. The van der Waals surface area contributed by atoms with E-state index in [1.165, 1.54) is 0 Å². The lowest BCUT2D eigenvalue weighted by Gasteiger charge is -2.07. The summed E-state index contributed by atoms with van der Waals surface area (Å²) in [6.45, 7) is 1.67.